The first-order valence-corrected chi connectivity index (χ1v) is 8.90. The van der Waals surface area contributed by atoms with E-state index >= 15 is 0 Å². The summed E-state index contributed by atoms with van der Waals surface area (Å²) in [6.07, 6.45) is 2.53. The summed E-state index contributed by atoms with van der Waals surface area (Å²) >= 11 is 0. The predicted octanol–water partition coefficient (Wildman–Crippen LogP) is 3.59. The highest BCUT2D eigenvalue weighted by molar-refractivity contribution is 5.26. The number of nitrogens with zero attached hydrogens (tertiary/aromatic N) is 1. The molecule has 1 aliphatic heterocycles. The third kappa shape index (κ3) is 4.91. The monoisotopic (exact) mass is 324 g/mol. The van der Waals surface area contributed by atoms with Gasteiger partial charge in [-0.05, 0) is 36.1 Å². The Morgan fingerprint density at radius 2 is 1.79 bits per heavy atom. The normalized spacial score (nSPS) is 18.6. The van der Waals surface area contributed by atoms with E-state index in [1.807, 2.05) is 0 Å². The number of piperidine rings is 1. The van der Waals surface area contributed by atoms with E-state index in [9.17, 15) is 0 Å². The molecule has 0 saturated carbocycles. The summed E-state index contributed by atoms with van der Waals surface area (Å²) < 4.78 is 5.31. The fourth-order valence-electron chi connectivity index (χ4n) is 3.49. The van der Waals surface area contributed by atoms with Crippen molar-refractivity contribution in [2.45, 2.75) is 38.6 Å². The molecule has 24 heavy (non-hydrogen) atoms. The van der Waals surface area contributed by atoms with Crippen LogP contribution < -0.4 is 5.32 Å². The van der Waals surface area contributed by atoms with Crippen molar-refractivity contribution >= 4 is 0 Å². The van der Waals surface area contributed by atoms with Crippen molar-refractivity contribution in [2.24, 2.45) is 0 Å². The van der Waals surface area contributed by atoms with Crippen molar-refractivity contribution in [1.82, 2.24) is 10.2 Å². The summed E-state index contributed by atoms with van der Waals surface area (Å²) in [5.41, 5.74) is 4.03. The molecule has 1 atom stereocenters. The van der Waals surface area contributed by atoms with Crippen LogP contribution in [0.5, 0.6) is 0 Å². The molecule has 1 aliphatic rings. The van der Waals surface area contributed by atoms with Crippen molar-refractivity contribution in [3.8, 4) is 0 Å². The van der Waals surface area contributed by atoms with Crippen LogP contribution in [-0.4, -0.2) is 31.1 Å². The van der Waals surface area contributed by atoms with E-state index in [1.54, 1.807) is 7.11 Å². The molecule has 0 aliphatic carbocycles. The maximum absolute atomic E-state index is 5.31. The van der Waals surface area contributed by atoms with E-state index in [0.29, 0.717) is 12.6 Å². The quantitative estimate of drug-likeness (QED) is 0.842. The van der Waals surface area contributed by atoms with Crippen molar-refractivity contribution in [1.29, 1.82) is 0 Å². The molecule has 1 saturated heterocycles. The molecule has 2 aromatic carbocycles. The van der Waals surface area contributed by atoms with Crippen molar-refractivity contribution in [3.05, 3.63) is 71.3 Å². The minimum Gasteiger partial charge on any atom is -0.380 e. The molecule has 1 unspecified atom stereocenters. The first-order valence-electron chi connectivity index (χ1n) is 8.90. The van der Waals surface area contributed by atoms with Crippen LogP contribution in [0.1, 0.15) is 29.5 Å². The van der Waals surface area contributed by atoms with Gasteiger partial charge in [-0.2, -0.15) is 0 Å². The van der Waals surface area contributed by atoms with Gasteiger partial charge in [0.2, 0.25) is 0 Å². The Balaban J connectivity index is 1.52. The Morgan fingerprint density at radius 1 is 1.04 bits per heavy atom. The van der Waals surface area contributed by atoms with Gasteiger partial charge in [0, 0.05) is 32.8 Å². The lowest BCUT2D eigenvalue weighted by Gasteiger charge is -2.33. The number of hydrogen-bond acceptors (Lipinski definition) is 3. The largest absolute Gasteiger partial charge is 0.380 e. The molecule has 0 aromatic heterocycles. The fourth-order valence-corrected chi connectivity index (χ4v) is 3.49. The Labute approximate surface area is 145 Å². The molecule has 0 spiro atoms. The highest BCUT2D eigenvalue weighted by Crippen LogP contribution is 2.15. The van der Waals surface area contributed by atoms with Gasteiger partial charge in [-0.3, -0.25) is 4.90 Å². The number of benzene rings is 2. The van der Waals surface area contributed by atoms with Crippen LogP contribution in [-0.2, 0) is 24.4 Å². The average molecular weight is 324 g/mol. The van der Waals surface area contributed by atoms with Gasteiger partial charge < -0.3 is 10.1 Å². The molecule has 1 heterocycles. The summed E-state index contributed by atoms with van der Waals surface area (Å²) in [6.45, 7) is 4.99. The van der Waals surface area contributed by atoms with Crippen molar-refractivity contribution in [2.75, 3.05) is 20.2 Å². The molecule has 1 fully saturated rings. The molecule has 1 N–H and O–H groups in total. The zero-order chi connectivity index (χ0) is 16.6. The third-order valence-corrected chi connectivity index (χ3v) is 4.75. The number of nitrogens with one attached hydrogen (secondary N) is 1. The van der Waals surface area contributed by atoms with E-state index in [2.05, 4.69) is 64.8 Å². The topological polar surface area (TPSA) is 24.5 Å². The van der Waals surface area contributed by atoms with E-state index < -0.39 is 0 Å². The molecule has 3 heteroatoms. The molecular weight excluding hydrogens is 296 g/mol. The van der Waals surface area contributed by atoms with Crippen LogP contribution in [0.3, 0.4) is 0 Å². The summed E-state index contributed by atoms with van der Waals surface area (Å²) in [7, 11) is 1.76. The molecule has 3 rings (SSSR count). The molecule has 2 aromatic rings. The highest BCUT2D eigenvalue weighted by Gasteiger charge is 2.19. The van der Waals surface area contributed by atoms with Crippen LogP contribution in [0.15, 0.2) is 54.6 Å². The average Bonchev–Trinajstić information content (AvgIpc) is 2.62. The number of hydrogen-bond donors (Lipinski definition) is 1. The van der Waals surface area contributed by atoms with Gasteiger partial charge >= 0.3 is 0 Å². The number of ether oxygens (including phenoxy) is 1. The van der Waals surface area contributed by atoms with Gasteiger partial charge in [0.25, 0.3) is 0 Å². The third-order valence-electron chi connectivity index (χ3n) is 4.75. The van der Waals surface area contributed by atoms with Crippen LogP contribution in [0.2, 0.25) is 0 Å². The summed E-state index contributed by atoms with van der Waals surface area (Å²) in [6, 6.07) is 19.9. The zero-order valence-electron chi connectivity index (χ0n) is 14.6. The van der Waals surface area contributed by atoms with Gasteiger partial charge in [0.05, 0.1) is 6.61 Å². The van der Waals surface area contributed by atoms with E-state index in [4.69, 9.17) is 4.74 Å². The molecule has 0 radical (unpaired) electrons. The van der Waals surface area contributed by atoms with Gasteiger partial charge in [0.15, 0.2) is 0 Å². The Bertz CT molecular complexity index is 614. The number of methoxy groups -OCH3 is 1. The van der Waals surface area contributed by atoms with Gasteiger partial charge in [-0.1, -0.05) is 54.6 Å². The lowest BCUT2D eigenvalue weighted by Crippen LogP contribution is -2.45. The standard InChI is InChI=1S/C21H28N2O/c1-24-17-20-11-6-5-10-19(20)14-22-21-12-7-13-23(16-21)15-18-8-3-2-4-9-18/h2-6,8-11,21-22H,7,12-17H2,1H3. The lowest BCUT2D eigenvalue weighted by atomic mass is 10.0. The Kier molecular flexibility index (Phi) is 6.41. The number of rotatable bonds is 7. The minimum atomic E-state index is 0.568. The summed E-state index contributed by atoms with van der Waals surface area (Å²) in [5.74, 6) is 0. The van der Waals surface area contributed by atoms with E-state index in [-0.39, 0.29) is 0 Å². The van der Waals surface area contributed by atoms with Crippen LogP contribution in [0.4, 0.5) is 0 Å². The van der Waals surface area contributed by atoms with E-state index in [0.717, 1.165) is 19.6 Å². The second-order valence-electron chi connectivity index (χ2n) is 6.64. The minimum absolute atomic E-state index is 0.568. The molecule has 128 valence electrons. The summed E-state index contributed by atoms with van der Waals surface area (Å²) in [5, 5.41) is 3.76. The second kappa shape index (κ2) is 8.97. The zero-order valence-corrected chi connectivity index (χ0v) is 14.6. The maximum atomic E-state index is 5.31. The van der Waals surface area contributed by atoms with E-state index in [1.165, 1.54) is 36.1 Å². The molecule has 3 nitrogen and oxygen atoms in total. The second-order valence-corrected chi connectivity index (χ2v) is 6.64. The van der Waals surface area contributed by atoms with Gasteiger partial charge in [-0.25, -0.2) is 0 Å². The highest BCUT2D eigenvalue weighted by atomic mass is 16.5. The Morgan fingerprint density at radius 3 is 2.58 bits per heavy atom. The van der Waals surface area contributed by atoms with Crippen LogP contribution in [0.25, 0.3) is 0 Å². The van der Waals surface area contributed by atoms with Crippen LogP contribution in [0, 0.1) is 0 Å². The molecular formula is C21H28N2O. The predicted molar refractivity (Wildman–Crippen MR) is 98.7 cm³/mol. The van der Waals surface area contributed by atoms with Gasteiger partial charge in [-0.15, -0.1) is 0 Å². The Hall–Kier alpha value is -1.68. The maximum Gasteiger partial charge on any atom is 0.0716 e. The fraction of sp³-hybridized carbons (Fsp3) is 0.429. The number of likely N-dealkylation sites (tertiary alicyclic amines) is 1. The lowest BCUT2D eigenvalue weighted by molar-refractivity contribution is 0.179. The van der Waals surface area contributed by atoms with Crippen molar-refractivity contribution < 1.29 is 4.74 Å². The van der Waals surface area contributed by atoms with Crippen LogP contribution >= 0.6 is 0 Å². The summed E-state index contributed by atoms with van der Waals surface area (Å²) in [4.78, 5) is 2.57. The smallest absolute Gasteiger partial charge is 0.0716 e. The first-order chi connectivity index (χ1) is 11.8. The van der Waals surface area contributed by atoms with Crippen molar-refractivity contribution in [3.63, 3.8) is 0 Å². The first kappa shape index (κ1) is 17.2. The van der Waals surface area contributed by atoms with Gasteiger partial charge in [0.1, 0.15) is 0 Å². The molecule has 0 bridgehead atoms. The molecule has 0 amide bonds. The SMILES string of the molecule is COCc1ccccc1CNC1CCCN(Cc2ccccc2)C1.